The smallest absolute Gasteiger partial charge is 0.264 e. The van der Waals surface area contributed by atoms with Gasteiger partial charge in [0.1, 0.15) is 0 Å². The summed E-state index contributed by atoms with van der Waals surface area (Å²) in [5, 5.41) is 10.7. The first-order chi connectivity index (χ1) is 15.1. The lowest BCUT2D eigenvalue weighted by molar-refractivity contribution is 0.0143. The number of anilines is 1. The average molecular weight is 461 g/mol. The van der Waals surface area contributed by atoms with Crippen LogP contribution in [0.25, 0.3) is 0 Å². The SMILES string of the molecule is Cc1ccc(N(CC(C)C)S(=O)(=O)c2ccc(C(O)CN3CCOCC3)cc2C)c(C)c1. The Morgan fingerprint density at radius 2 is 1.72 bits per heavy atom. The number of ether oxygens (including phenoxy) is 1. The van der Waals surface area contributed by atoms with Gasteiger partial charge in [0.15, 0.2) is 0 Å². The maximum absolute atomic E-state index is 13.8. The second-order valence-electron chi connectivity index (χ2n) is 9.17. The molecule has 1 unspecified atom stereocenters. The van der Waals surface area contributed by atoms with Crippen LogP contribution in [-0.4, -0.2) is 57.8 Å². The lowest BCUT2D eigenvalue weighted by Crippen LogP contribution is -2.38. The van der Waals surface area contributed by atoms with E-state index in [1.54, 1.807) is 25.1 Å². The highest BCUT2D eigenvalue weighted by Gasteiger charge is 2.29. The molecule has 1 N–H and O–H groups in total. The van der Waals surface area contributed by atoms with Gasteiger partial charge in [0.2, 0.25) is 0 Å². The van der Waals surface area contributed by atoms with Crippen LogP contribution in [0.4, 0.5) is 5.69 Å². The number of rotatable bonds is 8. The lowest BCUT2D eigenvalue weighted by atomic mass is 10.1. The number of aliphatic hydroxyl groups is 1. The van der Waals surface area contributed by atoms with Gasteiger partial charge in [-0.05, 0) is 55.5 Å². The summed E-state index contributed by atoms with van der Waals surface area (Å²) in [5.41, 5.74) is 4.12. The second kappa shape index (κ2) is 10.3. The molecule has 0 aliphatic carbocycles. The van der Waals surface area contributed by atoms with Gasteiger partial charge in [0.05, 0.1) is 29.9 Å². The van der Waals surface area contributed by atoms with Crippen molar-refractivity contribution >= 4 is 15.7 Å². The van der Waals surface area contributed by atoms with Gasteiger partial charge in [-0.1, -0.05) is 43.7 Å². The molecular weight excluding hydrogens is 424 g/mol. The van der Waals surface area contributed by atoms with Crippen LogP contribution in [0.2, 0.25) is 0 Å². The molecule has 32 heavy (non-hydrogen) atoms. The Hall–Kier alpha value is -1.93. The van der Waals surface area contributed by atoms with Gasteiger partial charge < -0.3 is 9.84 Å². The quantitative estimate of drug-likeness (QED) is 0.648. The van der Waals surface area contributed by atoms with E-state index in [4.69, 9.17) is 4.74 Å². The summed E-state index contributed by atoms with van der Waals surface area (Å²) >= 11 is 0. The van der Waals surface area contributed by atoms with Gasteiger partial charge >= 0.3 is 0 Å². The van der Waals surface area contributed by atoms with Gasteiger partial charge in [-0.15, -0.1) is 0 Å². The first kappa shape index (κ1) is 24.7. The minimum Gasteiger partial charge on any atom is -0.387 e. The summed E-state index contributed by atoms with van der Waals surface area (Å²) in [6.45, 7) is 13.6. The van der Waals surface area contributed by atoms with Crippen LogP contribution in [0.5, 0.6) is 0 Å². The van der Waals surface area contributed by atoms with E-state index in [2.05, 4.69) is 4.90 Å². The molecule has 0 spiro atoms. The Kier molecular flexibility index (Phi) is 7.98. The standard InChI is InChI=1S/C25H36N2O4S/c1-18(2)16-27(23-8-6-19(3)14-20(23)4)32(29,30)25-9-7-22(15-21(25)5)24(28)17-26-10-12-31-13-11-26/h6-9,14-15,18,24,28H,10-13,16-17H2,1-5H3. The Bertz CT molecular complexity index is 1030. The maximum atomic E-state index is 13.8. The van der Waals surface area contributed by atoms with Crippen molar-refractivity contribution in [2.45, 2.75) is 45.6 Å². The van der Waals surface area contributed by atoms with Crippen molar-refractivity contribution in [3.63, 3.8) is 0 Å². The molecule has 1 aliphatic rings. The Morgan fingerprint density at radius 1 is 1.03 bits per heavy atom. The van der Waals surface area contributed by atoms with Crippen molar-refractivity contribution in [2.24, 2.45) is 5.92 Å². The fraction of sp³-hybridized carbons (Fsp3) is 0.520. The molecule has 1 heterocycles. The van der Waals surface area contributed by atoms with Gasteiger partial charge in [-0.2, -0.15) is 0 Å². The zero-order valence-corrected chi connectivity index (χ0v) is 20.7. The van der Waals surface area contributed by atoms with Crippen LogP contribution >= 0.6 is 0 Å². The number of β-amino-alcohol motifs (C(OH)–C–C–N with tert-alkyl or cyclic N) is 1. The number of aliphatic hydroxyl groups excluding tert-OH is 1. The fourth-order valence-corrected chi connectivity index (χ4v) is 6.07. The Balaban J connectivity index is 1.91. The van der Waals surface area contributed by atoms with Crippen molar-refractivity contribution in [1.29, 1.82) is 0 Å². The summed E-state index contributed by atoms with van der Waals surface area (Å²) in [6, 6.07) is 11.0. The predicted molar refractivity (Wildman–Crippen MR) is 129 cm³/mol. The molecule has 7 heteroatoms. The number of benzene rings is 2. The molecule has 0 aromatic heterocycles. The lowest BCUT2D eigenvalue weighted by Gasteiger charge is -2.30. The summed E-state index contributed by atoms with van der Waals surface area (Å²) in [7, 11) is -3.76. The minimum absolute atomic E-state index is 0.167. The van der Waals surface area contributed by atoms with E-state index in [1.807, 2.05) is 45.9 Å². The number of hydrogen-bond donors (Lipinski definition) is 1. The number of sulfonamides is 1. The van der Waals surface area contributed by atoms with Crippen LogP contribution in [0.1, 0.15) is 42.2 Å². The van der Waals surface area contributed by atoms with Gasteiger partial charge in [-0.25, -0.2) is 8.42 Å². The van der Waals surface area contributed by atoms with Gasteiger partial charge in [-0.3, -0.25) is 9.21 Å². The number of morpholine rings is 1. The zero-order valence-electron chi connectivity index (χ0n) is 19.8. The molecule has 1 aliphatic heterocycles. The zero-order chi connectivity index (χ0) is 23.5. The van der Waals surface area contributed by atoms with Crippen molar-refractivity contribution in [2.75, 3.05) is 43.7 Å². The van der Waals surface area contributed by atoms with E-state index >= 15 is 0 Å². The third kappa shape index (κ3) is 5.70. The third-order valence-corrected chi connectivity index (χ3v) is 7.78. The number of aryl methyl sites for hydroxylation is 3. The Labute approximate surface area is 192 Å². The van der Waals surface area contributed by atoms with E-state index in [1.165, 1.54) is 4.31 Å². The molecule has 2 aromatic carbocycles. The van der Waals surface area contributed by atoms with Crippen LogP contribution in [0.3, 0.4) is 0 Å². The highest BCUT2D eigenvalue weighted by Crippen LogP contribution is 2.31. The second-order valence-corrected chi connectivity index (χ2v) is 11.0. The van der Waals surface area contributed by atoms with E-state index in [0.29, 0.717) is 37.6 Å². The number of nitrogens with zero attached hydrogens (tertiary/aromatic N) is 2. The molecule has 2 aromatic rings. The average Bonchev–Trinajstić information content (AvgIpc) is 2.72. The van der Waals surface area contributed by atoms with Crippen molar-refractivity contribution in [1.82, 2.24) is 4.90 Å². The first-order valence-electron chi connectivity index (χ1n) is 11.3. The Morgan fingerprint density at radius 3 is 2.31 bits per heavy atom. The normalized spacial score (nSPS) is 16.3. The van der Waals surface area contributed by atoms with Crippen molar-refractivity contribution < 1.29 is 18.3 Å². The van der Waals surface area contributed by atoms with Gasteiger partial charge in [0, 0.05) is 26.2 Å². The molecule has 0 bridgehead atoms. The molecule has 176 valence electrons. The largest absolute Gasteiger partial charge is 0.387 e. The predicted octanol–water partition coefficient (Wildman–Crippen LogP) is 3.83. The fourth-order valence-electron chi connectivity index (χ4n) is 4.16. The molecule has 1 fully saturated rings. The molecule has 1 saturated heterocycles. The third-order valence-electron chi connectivity index (χ3n) is 5.84. The van der Waals surface area contributed by atoms with Crippen LogP contribution < -0.4 is 4.31 Å². The maximum Gasteiger partial charge on any atom is 0.264 e. The topological polar surface area (TPSA) is 70.1 Å². The molecule has 1 atom stereocenters. The van der Waals surface area contributed by atoms with E-state index in [9.17, 15) is 13.5 Å². The molecule has 6 nitrogen and oxygen atoms in total. The molecule has 0 saturated carbocycles. The number of hydrogen-bond acceptors (Lipinski definition) is 5. The minimum atomic E-state index is -3.76. The monoisotopic (exact) mass is 460 g/mol. The summed E-state index contributed by atoms with van der Waals surface area (Å²) in [4.78, 5) is 2.44. The molecule has 0 radical (unpaired) electrons. The highest BCUT2D eigenvalue weighted by molar-refractivity contribution is 7.92. The van der Waals surface area contributed by atoms with Gasteiger partial charge in [0.25, 0.3) is 10.0 Å². The molecular formula is C25H36N2O4S. The van der Waals surface area contributed by atoms with E-state index in [-0.39, 0.29) is 10.8 Å². The van der Waals surface area contributed by atoms with E-state index < -0.39 is 16.1 Å². The highest BCUT2D eigenvalue weighted by atomic mass is 32.2. The van der Waals surface area contributed by atoms with E-state index in [0.717, 1.165) is 29.8 Å². The van der Waals surface area contributed by atoms with Crippen molar-refractivity contribution in [3.8, 4) is 0 Å². The molecule has 0 amide bonds. The van der Waals surface area contributed by atoms with Crippen LogP contribution in [0.15, 0.2) is 41.3 Å². The molecule has 3 rings (SSSR count). The summed E-state index contributed by atoms with van der Waals surface area (Å²) in [6.07, 6.45) is -0.672. The van der Waals surface area contributed by atoms with Crippen LogP contribution in [-0.2, 0) is 14.8 Å². The summed E-state index contributed by atoms with van der Waals surface area (Å²) < 4.78 is 34.4. The van der Waals surface area contributed by atoms with Crippen molar-refractivity contribution in [3.05, 3.63) is 58.7 Å². The first-order valence-corrected chi connectivity index (χ1v) is 12.7. The summed E-state index contributed by atoms with van der Waals surface area (Å²) in [5.74, 6) is 0.167. The van der Waals surface area contributed by atoms with Crippen LogP contribution in [0, 0.1) is 26.7 Å².